The number of hydrogen-bond donors (Lipinski definition) is 0. The molecule has 4 nitrogen and oxygen atoms in total. The molecule has 4 heteroatoms. The van der Waals surface area contributed by atoms with Gasteiger partial charge in [0.1, 0.15) is 5.60 Å². The first-order chi connectivity index (χ1) is 10.1. The van der Waals surface area contributed by atoms with Gasteiger partial charge in [-0.1, -0.05) is 20.3 Å². The van der Waals surface area contributed by atoms with Crippen LogP contribution in [-0.2, 0) is 19.1 Å². The number of rotatable bonds is 3. The number of esters is 2. The molecule has 0 atom stereocenters. The van der Waals surface area contributed by atoms with E-state index in [4.69, 9.17) is 4.74 Å². The molecule has 1 heterocycles. The standard InChI is InChI=1S/C17H24O4/c1-4-12-13(11-15(18)20-3)16(19)21-17(14(12)5-2)9-7-6-8-10-17/h11H,4-10H2,1-3H3/b13-11-. The van der Waals surface area contributed by atoms with Gasteiger partial charge in [0, 0.05) is 6.08 Å². The Balaban J connectivity index is 2.52. The molecular weight excluding hydrogens is 268 g/mol. The highest BCUT2D eigenvalue weighted by Crippen LogP contribution is 2.46. The van der Waals surface area contributed by atoms with E-state index in [9.17, 15) is 9.59 Å². The largest absolute Gasteiger partial charge is 0.466 e. The first kappa shape index (κ1) is 15.8. The summed E-state index contributed by atoms with van der Waals surface area (Å²) in [5.41, 5.74) is 2.11. The summed E-state index contributed by atoms with van der Waals surface area (Å²) in [5.74, 6) is -0.890. The molecule has 0 aromatic rings. The summed E-state index contributed by atoms with van der Waals surface area (Å²) < 4.78 is 10.5. The van der Waals surface area contributed by atoms with Gasteiger partial charge in [0.25, 0.3) is 0 Å². The predicted molar refractivity (Wildman–Crippen MR) is 79.6 cm³/mol. The molecule has 2 rings (SSSR count). The van der Waals surface area contributed by atoms with E-state index >= 15 is 0 Å². The van der Waals surface area contributed by atoms with Gasteiger partial charge in [0.15, 0.2) is 0 Å². The molecule has 0 aromatic heterocycles. The van der Waals surface area contributed by atoms with E-state index in [0.717, 1.165) is 44.1 Å². The minimum absolute atomic E-state index is 0.373. The van der Waals surface area contributed by atoms with Crippen molar-refractivity contribution in [3.8, 4) is 0 Å². The smallest absolute Gasteiger partial charge is 0.339 e. The Morgan fingerprint density at radius 1 is 1.24 bits per heavy atom. The fourth-order valence-corrected chi connectivity index (χ4v) is 3.64. The van der Waals surface area contributed by atoms with Gasteiger partial charge in [0.2, 0.25) is 0 Å². The molecule has 1 aliphatic heterocycles. The van der Waals surface area contributed by atoms with Crippen LogP contribution < -0.4 is 0 Å². The van der Waals surface area contributed by atoms with Crippen molar-refractivity contribution in [3.63, 3.8) is 0 Å². The zero-order chi connectivity index (χ0) is 15.5. The highest BCUT2D eigenvalue weighted by molar-refractivity contribution is 6.01. The van der Waals surface area contributed by atoms with Crippen LogP contribution in [0, 0.1) is 0 Å². The monoisotopic (exact) mass is 292 g/mol. The lowest BCUT2D eigenvalue weighted by Gasteiger charge is -2.43. The Morgan fingerprint density at radius 3 is 2.43 bits per heavy atom. The maximum atomic E-state index is 12.4. The lowest BCUT2D eigenvalue weighted by Crippen LogP contribution is -2.44. The third kappa shape index (κ3) is 2.89. The summed E-state index contributed by atoms with van der Waals surface area (Å²) in [6.07, 6.45) is 8.01. The fraction of sp³-hybridized carbons (Fsp3) is 0.647. The summed E-state index contributed by atoms with van der Waals surface area (Å²) in [6, 6.07) is 0. The summed E-state index contributed by atoms with van der Waals surface area (Å²) in [5, 5.41) is 0. The molecule has 1 spiro atoms. The van der Waals surface area contributed by atoms with Crippen molar-refractivity contribution >= 4 is 11.9 Å². The third-order valence-corrected chi connectivity index (χ3v) is 4.58. The Hall–Kier alpha value is -1.58. The highest BCUT2D eigenvalue weighted by atomic mass is 16.6. The third-order valence-electron chi connectivity index (χ3n) is 4.58. The SMILES string of the molecule is CCC1=C(CC)C2(CCCCC2)OC(=O)/C1=C\C(=O)OC. The molecule has 1 aliphatic carbocycles. The Labute approximate surface area is 126 Å². The molecule has 2 aliphatic rings. The number of carbonyl (C=O) groups is 2. The molecule has 0 amide bonds. The molecule has 1 fully saturated rings. The van der Waals surface area contributed by atoms with E-state index in [2.05, 4.69) is 11.7 Å². The van der Waals surface area contributed by atoms with Crippen LogP contribution >= 0.6 is 0 Å². The van der Waals surface area contributed by atoms with E-state index in [0.29, 0.717) is 5.57 Å². The van der Waals surface area contributed by atoms with E-state index in [1.54, 1.807) is 0 Å². The lowest BCUT2D eigenvalue weighted by atomic mass is 9.73. The van der Waals surface area contributed by atoms with Crippen molar-refractivity contribution in [1.82, 2.24) is 0 Å². The first-order valence-corrected chi connectivity index (χ1v) is 7.83. The quantitative estimate of drug-likeness (QED) is 0.590. The van der Waals surface area contributed by atoms with Gasteiger partial charge in [-0.25, -0.2) is 9.59 Å². The van der Waals surface area contributed by atoms with Crippen LogP contribution in [0.2, 0.25) is 0 Å². The summed E-state index contributed by atoms with van der Waals surface area (Å²) in [6.45, 7) is 4.11. The van der Waals surface area contributed by atoms with Gasteiger partial charge in [-0.2, -0.15) is 0 Å². The van der Waals surface area contributed by atoms with Gasteiger partial charge in [-0.3, -0.25) is 0 Å². The second-order valence-electron chi connectivity index (χ2n) is 5.69. The van der Waals surface area contributed by atoms with Gasteiger partial charge < -0.3 is 9.47 Å². The van der Waals surface area contributed by atoms with Crippen LogP contribution in [-0.4, -0.2) is 24.6 Å². The van der Waals surface area contributed by atoms with Crippen LogP contribution in [0.25, 0.3) is 0 Å². The second-order valence-corrected chi connectivity index (χ2v) is 5.69. The fourth-order valence-electron chi connectivity index (χ4n) is 3.64. The Bertz CT molecular complexity index is 493. The van der Waals surface area contributed by atoms with Gasteiger partial charge in [-0.05, 0) is 49.7 Å². The summed E-state index contributed by atoms with van der Waals surface area (Å²) in [7, 11) is 1.31. The molecule has 0 N–H and O–H groups in total. The molecule has 0 radical (unpaired) electrons. The summed E-state index contributed by atoms with van der Waals surface area (Å²) >= 11 is 0. The Kier molecular flexibility index (Phi) is 4.86. The number of ether oxygens (including phenoxy) is 2. The second kappa shape index (κ2) is 6.46. The van der Waals surface area contributed by atoms with Crippen molar-refractivity contribution < 1.29 is 19.1 Å². The van der Waals surface area contributed by atoms with Crippen molar-refractivity contribution in [2.75, 3.05) is 7.11 Å². The molecule has 1 saturated carbocycles. The van der Waals surface area contributed by atoms with Crippen LogP contribution in [0.3, 0.4) is 0 Å². The normalized spacial score (nSPS) is 23.4. The predicted octanol–water partition coefficient (Wildman–Crippen LogP) is 3.46. The average Bonchev–Trinajstić information content (AvgIpc) is 2.50. The lowest BCUT2D eigenvalue weighted by molar-refractivity contribution is -0.156. The van der Waals surface area contributed by atoms with Crippen molar-refractivity contribution in [3.05, 3.63) is 22.8 Å². The van der Waals surface area contributed by atoms with Crippen molar-refractivity contribution in [1.29, 1.82) is 0 Å². The number of carbonyl (C=O) groups excluding carboxylic acids is 2. The van der Waals surface area contributed by atoms with Gasteiger partial charge in [-0.15, -0.1) is 0 Å². The molecular formula is C17H24O4. The maximum Gasteiger partial charge on any atom is 0.339 e. The van der Waals surface area contributed by atoms with Crippen molar-refractivity contribution in [2.45, 2.75) is 64.4 Å². The van der Waals surface area contributed by atoms with Crippen molar-refractivity contribution in [2.24, 2.45) is 0 Å². The van der Waals surface area contributed by atoms with E-state index in [1.807, 2.05) is 6.92 Å². The van der Waals surface area contributed by atoms with E-state index in [-0.39, 0.29) is 5.97 Å². The molecule has 0 saturated heterocycles. The minimum atomic E-state index is -0.511. The molecule has 0 aromatic carbocycles. The molecule has 0 bridgehead atoms. The zero-order valence-corrected chi connectivity index (χ0v) is 13.2. The molecule has 0 unspecified atom stereocenters. The average molecular weight is 292 g/mol. The van der Waals surface area contributed by atoms with Crippen LogP contribution in [0.5, 0.6) is 0 Å². The highest BCUT2D eigenvalue weighted by Gasteiger charge is 2.45. The number of hydrogen-bond acceptors (Lipinski definition) is 4. The maximum absolute atomic E-state index is 12.4. The molecule has 116 valence electrons. The van der Waals surface area contributed by atoms with Crippen LogP contribution in [0.4, 0.5) is 0 Å². The topological polar surface area (TPSA) is 52.6 Å². The molecule has 21 heavy (non-hydrogen) atoms. The van der Waals surface area contributed by atoms with Gasteiger partial charge >= 0.3 is 11.9 Å². The number of methoxy groups -OCH3 is 1. The van der Waals surface area contributed by atoms with Gasteiger partial charge in [0.05, 0.1) is 12.7 Å². The summed E-state index contributed by atoms with van der Waals surface area (Å²) in [4.78, 5) is 23.9. The first-order valence-electron chi connectivity index (χ1n) is 7.83. The van der Waals surface area contributed by atoms with E-state index in [1.165, 1.54) is 25.2 Å². The zero-order valence-electron chi connectivity index (χ0n) is 13.2. The van der Waals surface area contributed by atoms with Crippen LogP contribution in [0.1, 0.15) is 58.8 Å². The minimum Gasteiger partial charge on any atom is -0.466 e. The Morgan fingerprint density at radius 2 is 1.90 bits per heavy atom. The van der Waals surface area contributed by atoms with E-state index < -0.39 is 11.6 Å². The van der Waals surface area contributed by atoms with Crippen LogP contribution in [0.15, 0.2) is 22.8 Å².